The summed E-state index contributed by atoms with van der Waals surface area (Å²) in [6, 6.07) is 18.0. The third kappa shape index (κ3) is 3.83. The molecule has 1 aliphatic rings. The highest BCUT2D eigenvalue weighted by molar-refractivity contribution is 5.95. The number of hydrogen-bond acceptors (Lipinski definition) is 5. The maximum atomic E-state index is 12.5. The summed E-state index contributed by atoms with van der Waals surface area (Å²) < 4.78 is 1.87. The molecule has 5 aromatic rings. The van der Waals surface area contributed by atoms with Gasteiger partial charge >= 0.3 is 0 Å². The van der Waals surface area contributed by atoms with Gasteiger partial charge in [-0.25, -0.2) is 9.97 Å². The van der Waals surface area contributed by atoms with E-state index < -0.39 is 0 Å². The van der Waals surface area contributed by atoms with Gasteiger partial charge in [0, 0.05) is 33.7 Å². The van der Waals surface area contributed by atoms with E-state index in [9.17, 15) is 4.79 Å². The normalized spacial score (nSPS) is 14.8. The fourth-order valence-electron chi connectivity index (χ4n) is 4.63. The minimum atomic E-state index is -0.287. The van der Waals surface area contributed by atoms with Crippen molar-refractivity contribution >= 4 is 22.6 Å². The summed E-state index contributed by atoms with van der Waals surface area (Å²) in [7, 11) is 0. The number of fused-ring (bicyclic) bond motifs is 2. The van der Waals surface area contributed by atoms with Crippen molar-refractivity contribution in [1.82, 2.24) is 29.9 Å². The quantitative estimate of drug-likeness (QED) is 0.409. The van der Waals surface area contributed by atoms with Gasteiger partial charge in [0.25, 0.3) is 11.7 Å². The molecule has 1 amide bonds. The van der Waals surface area contributed by atoms with Crippen LogP contribution >= 0.6 is 0 Å². The second kappa shape index (κ2) is 7.70. The first-order chi connectivity index (χ1) is 16.8. The Labute approximate surface area is 203 Å². The van der Waals surface area contributed by atoms with Crippen LogP contribution in [0, 0.1) is 0 Å². The third-order valence-electron chi connectivity index (χ3n) is 6.56. The summed E-state index contributed by atoms with van der Waals surface area (Å²) in [5, 5.41) is 9.03. The van der Waals surface area contributed by atoms with E-state index in [4.69, 9.17) is 5.10 Å². The summed E-state index contributed by atoms with van der Waals surface area (Å²) in [5.74, 6) is 0.488. The molecule has 2 aromatic carbocycles. The van der Waals surface area contributed by atoms with E-state index >= 15 is 0 Å². The highest BCUT2D eigenvalue weighted by Crippen LogP contribution is 2.53. The zero-order valence-electron chi connectivity index (χ0n) is 20.0. The van der Waals surface area contributed by atoms with Crippen LogP contribution in [-0.2, 0) is 5.41 Å². The average Bonchev–Trinajstić information content (AvgIpc) is 3.55. The number of aromatic nitrogens is 5. The molecule has 0 atom stereocenters. The first-order valence-corrected chi connectivity index (χ1v) is 11.8. The van der Waals surface area contributed by atoms with Crippen molar-refractivity contribution < 1.29 is 4.79 Å². The van der Waals surface area contributed by atoms with Crippen LogP contribution in [-0.4, -0.2) is 36.0 Å². The van der Waals surface area contributed by atoms with Crippen LogP contribution in [0.1, 0.15) is 55.2 Å². The molecule has 0 saturated heterocycles. The molecule has 0 bridgehead atoms. The van der Waals surface area contributed by atoms with E-state index in [1.165, 1.54) is 5.56 Å². The SMILES string of the molecule is CC(C)(C)NC(=O)c1ccc(-c2cnc3ncc(C4(c5ccc6ncccc6c5)CC4)n3n2)cc1. The van der Waals surface area contributed by atoms with Crippen LogP contribution in [0.3, 0.4) is 0 Å². The van der Waals surface area contributed by atoms with Gasteiger partial charge in [-0.1, -0.05) is 24.3 Å². The molecule has 1 fully saturated rings. The van der Waals surface area contributed by atoms with Gasteiger partial charge in [0.2, 0.25) is 0 Å². The van der Waals surface area contributed by atoms with Gasteiger partial charge in [-0.15, -0.1) is 0 Å². The molecule has 35 heavy (non-hydrogen) atoms. The highest BCUT2D eigenvalue weighted by atomic mass is 16.1. The van der Waals surface area contributed by atoms with E-state index in [1.807, 2.05) is 68.0 Å². The molecular weight excluding hydrogens is 436 g/mol. The summed E-state index contributed by atoms with van der Waals surface area (Å²) in [4.78, 5) is 26.0. The predicted octanol–water partition coefficient (Wildman–Crippen LogP) is 4.95. The van der Waals surface area contributed by atoms with Gasteiger partial charge in [-0.2, -0.15) is 9.61 Å². The maximum Gasteiger partial charge on any atom is 0.251 e. The Morgan fingerprint density at radius 1 is 0.971 bits per heavy atom. The molecular formula is C28H26N6O. The topological polar surface area (TPSA) is 85.1 Å². The molecule has 1 saturated carbocycles. The molecule has 7 heteroatoms. The smallest absolute Gasteiger partial charge is 0.251 e. The average molecular weight is 463 g/mol. The van der Waals surface area contributed by atoms with Gasteiger partial charge in [-0.3, -0.25) is 9.78 Å². The van der Waals surface area contributed by atoms with E-state index in [0.717, 1.165) is 40.7 Å². The van der Waals surface area contributed by atoms with Crippen LogP contribution < -0.4 is 5.32 Å². The Morgan fingerprint density at radius 2 is 1.74 bits per heavy atom. The van der Waals surface area contributed by atoms with Crippen molar-refractivity contribution in [2.24, 2.45) is 0 Å². The van der Waals surface area contributed by atoms with Crippen LogP contribution in [0.5, 0.6) is 0 Å². The van der Waals surface area contributed by atoms with Crippen molar-refractivity contribution in [2.75, 3.05) is 0 Å². The van der Waals surface area contributed by atoms with Gasteiger partial charge < -0.3 is 5.32 Å². The zero-order chi connectivity index (χ0) is 24.2. The Balaban J connectivity index is 1.35. The number of amides is 1. The number of imidazole rings is 1. The lowest BCUT2D eigenvalue weighted by atomic mass is 9.91. The van der Waals surface area contributed by atoms with Crippen molar-refractivity contribution in [3.8, 4) is 11.3 Å². The van der Waals surface area contributed by atoms with E-state index in [-0.39, 0.29) is 16.9 Å². The molecule has 1 N–H and O–H groups in total. The van der Waals surface area contributed by atoms with Gasteiger partial charge in [0.05, 0.1) is 23.6 Å². The van der Waals surface area contributed by atoms with E-state index in [2.05, 4.69) is 44.5 Å². The Bertz CT molecular complexity index is 1580. The number of nitrogens with zero attached hydrogens (tertiary/aromatic N) is 5. The summed E-state index contributed by atoms with van der Waals surface area (Å²) in [6.07, 6.45) is 7.53. The van der Waals surface area contributed by atoms with Crippen molar-refractivity contribution in [3.05, 3.63) is 90.0 Å². The predicted molar refractivity (Wildman–Crippen MR) is 135 cm³/mol. The minimum absolute atomic E-state index is 0.0938. The van der Waals surface area contributed by atoms with E-state index in [0.29, 0.717) is 11.3 Å². The molecule has 0 unspecified atom stereocenters. The monoisotopic (exact) mass is 462 g/mol. The first-order valence-electron chi connectivity index (χ1n) is 11.8. The summed E-state index contributed by atoms with van der Waals surface area (Å²) in [5.41, 5.74) is 5.13. The van der Waals surface area contributed by atoms with Crippen LogP contribution in [0.25, 0.3) is 27.9 Å². The first kappa shape index (κ1) is 21.4. The van der Waals surface area contributed by atoms with Crippen molar-refractivity contribution in [3.63, 3.8) is 0 Å². The number of benzene rings is 2. The van der Waals surface area contributed by atoms with Gasteiger partial charge in [-0.05, 0) is 69.5 Å². The molecule has 0 aliphatic heterocycles. The Morgan fingerprint density at radius 3 is 2.49 bits per heavy atom. The number of nitrogens with one attached hydrogen (secondary N) is 1. The lowest BCUT2D eigenvalue weighted by Crippen LogP contribution is -2.40. The number of carbonyl (C=O) groups is 1. The van der Waals surface area contributed by atoms with Crippen LogP contribution in [0.2, 0.25) is 0 Å². The Kier molecular flexibility index (Phi) is 4.71. The Hall–Kier alpha value is -4.13. The summed E-state index contributed by atoms with van der Waals surface area (Å²) in [6.45, 7) is 5.90. The number of rotatable bonds is 4. The molecule has 3 heterocycles. The summed E-state index contributed by atoms with van der Waals surface area (Å²) >= 11 is 0. The molecule has 3 aromatic heterocycles. The highest BCUT2D eigenvalue weighted by Gasteiger charge is 2.48. The second-order valence-electron chi connectivity index (χ2n) is 10.3. The van der Waals surface area contributed by atoms with Gasteiger partial charge in [0.15, 0.2) is 0 Å². The van der Waals surface area contributed by atoms with Crippen molar-refractivity contribution in [2.45, 2.75) is 44.6 Å². The lowest BCUT2D eigenvalue weighted by Gasteiger charge is -2.20. The fraction of sp³-hybridized carbons (Fsp3) is 0.250. The molecule has 1 aliphatic carbocycles. The maximum absolute atomic E-state index is 12.5. The fourth-order valence-corrected chi connectivity index (χ4v) is 4.63. The molecule has 174 valence electrons. The van der Waals surface area contributed by atoms with Crippen LogP contribution in [0.15, 0.2) is 73.2 Å². The zero-order valence-corrected chi connectivity index (χ0v) is 20.0. The minimum Gasteiger partial charge on any atom is -0.347 e. The number of hydrogen-bond donors (Lipinski definition) is 1. The van der Waals surface area contributed by atoms with Gasteiger partial charge in [0.1, 0.15) is 5.69 Å². The van der Waals surface area contributed by atoms with Crippen LogP contribution in [0.4, 0.5) is 0 Å². The number of carbonyl (C=O) groups excluding carboxylic acids is 1. The third-order valence-corrected chi connectivity index (χ3v) is 6.56. The molecule has 7 nitrogen and oxygen atoms in total. The molecule has 0 radical (unpaired) electrons. The van der Waals surface area contributed by atoms with E-state index in [1.54, 1.807) is 6.20 Å². The molecule has 0 spiro atoms. The second-order valence-corrected chi connectivity index (χ2v) is 10.3. The lowest BCUT2D eigenvalue weighted by molar-refractivity contribution is 0.0919. The standard InChI is InChI=1S/C28H26N6O/c1-27(2,3)32-25(35)19-8-6-18(7-9-19)23-16-30-26-31-17-24(34(26)33-23)28(12-13-28)21-10-11-22-20(15-21)5-4-14-29-22/h4-11,14-17H,12-13H2,1-3H3,(H,32,35). The largest absolute Gasteiger partial charge is 0.347 e. The number of pyridine rings is 1. The molecule has 6 rings (SSSR count). The van der Waals surface area contributed by atoms with Crippen molar-refractivity contribution in [1.29, 1.82) is 0 Å².